The molecule has 0 amide bonds. The maximum atomic E-state index is 13.6. The van der Waals surface area contributed by atoms with Gasteiger partial charge < -0.3 is 24.8 Å². The lowest BCUT2D eigenvalue weighted by atomic mass is 9.94. The second-order valence-corrected chi connectivity index (χ2v) is 6.17. The smallest absolute Gasteiger partial charge is 0.191 e. The van der Waals surface area contributed by atoms with Crippen molar-refractivity contribution in [2.45, 2.75) is 31.5 Å². The predicted octanol–water partition coefficient (Wildman–Crippen LogP) is 2.57. The molecule has 0 saturated carbocycles. The minimum absolute atomic E-state index is 0. The molecule has 0 spiro atoms. The minimum Gasteiger partial charge on any atom is -0.486 e. The second-order valence-electron chi connectivity index (χ2n) is 6.17. The summed E-state index contributed by atoms with van der Waals surface area (Å²) >= 11 is 0. The van der Waals surface area contributed by atoms with Crippen molar-refractivity contribution in [1.29, 1.82) is 0 Å². The summed E-state index contributed by atoms with van der Waals surface area (Å²) in [5, 5.41) is 6.48. The van der Waals surface area contributed by atoms with Crippen molar-refractivity contribution in [3.05, 3.63) is 30.1 Å². The fourth-order valence-electron chi connectivity index (χ4n) is 2.70. The zero-order chi connectivity index (χ0) is 18.1. The van der Waals surface area contributed by atoms with E-state index in [4.69, 9.17) is 14.2 Å². The maximum Gasteiger partial charge on any atom is 0.191 e. The minimum atomic E-state index is -0.363. The van der Waals surface area contributed by atoms with Crippen LogP contribution < -0.4 is 15.4 Å². The van der Waals surface area contributed by atoms with Gasteiger partial charge in [0.05, 0.1) is 12.1 Å². The number of nitrogens with zero attached hydrogens (tertiary/aromatic N) is 1. The molecular formula is C18H29FIN3O3. The molecule has 1 aromatic rings. The topological polar surface area (TPSA) is 64.1 Å². The molecular weight excluding hydrogens is 452 g/mol. The zero-order valence-electron chi connectivity index (χ0n) is 15.6. The number of aliphatic imine (C=N–C) groups is 1. The molecule has 1 atom stereocenters. The Bertz CT molecular complexity index is 568. The van der Waals surface area contributed by atoms with Gasteiger partial charge in [0.1, 0.15) is 6.10 Å². The fraction of sp³-hybridized carbons (Fsp3) is 0.611. The Morgan fingerprint density at radius 2 is 2.00 bits per heavy atom. The van der Waals surface area contributed by atoms with Crippen LogP contribution in [0.1, 0.15) is 19.8 Å². The van der Waals surface area contributed by atoms with Crippen LogP contribution in [0.15, 0.2) is 29.3 Å². The molecule has 1 aliphatic heterocycles. The van der Waals surface area contributed by atoms with Crippen molar-refractivity contribution >= 4 is 29.9 Å². The standard InChI is InChI=1S/C18H28FN3O3.HI/c1-14(25-16-7-5-4-6-15(16)19)12-21-17(20-2)22-13-18(23-3)8-10-24-11-9-18;/h4-7,14H,8-13H2,1-3H3,(H2,20,21,22);1H. The molecule has 0 radical (unpaired) electrons. The zero-order valence-corrected chi connectivity index (χ0v) is 17.9. The SMILES string of the molecule is CN=C(NCC(C)Oc1ccccc1F)NCC1(OC)CCOCC1.I. The van der Waals surface area contributed by atoms with Crippen LogP contribution in [0.3, 0.4) is 0 Å². The number of benzene rings is 1. The van der Waals surface area contributed by atoms with E-state index in [1.807, 2.05) is 6.92 Å². The molecule has 0 aliphatic carbocycles. The van der Waals surface area contributed by atoms with Gasteiger partial charge in [-0.05, 0) is 19.1 Å². The van der Waals surface area contributed by atoms with Crippen LogP contribution in [-0.4, -0.2) is 58.1 Å². The average molecular weight is 481 g/mol. The molecule has 1 unspecified atom stereocenters. The summed E-state index contributed by atoms with van der Waals surface area (Å²) in [6.07, 6.45) is 1.48. The third-order valence-corrected chi connectivity index (χ3v) is 4.36. The number of nitrogens with one attached hydrogen (secondary N) is 2. The molecule has 26 heavy (non-hydrogen) atoms. The van der Waals surface area contributed by atoms with E-state index in [0.29, 0.717) is 32.3 Å². The summed E-state index contributed by atoms with van der Waals surface area (Å²) < 4.78 is 30.3. The van der Waals surface area contributed by atoms with Gasteiger partial charge in [-0.2, -0.15) is 0 Å². The monoisotopic (exact) mass is 481 g/mol. The molecule has 2 rings (SSSR count). The number of guanidine groups is 1. The first-order valence-electron chi connectivity index (χ1n) is 8.57. The Labute approximate surface area is 171 Å². The van der Waals surface area contributed by atoms with Crippen LogP contribution in [0.4, 0.5) is 4.39 Å². The number of hydrogen-bond acceptors (Lipinski definition) is 4. The molecule has 1 saturated heterocycles. The number of methoxy groups -OCH3 is 1. The quantitative estimate of drug-likeness (QED) is 0.356. The summed E-state index contributed by atoms with van der Waals surface area (Å²) in [7, 11) is 3.44. The summed E-state index contributed by atoms with van der Waals surface area (Å²) in [5.41, 5.74) is -0.231. The van der Waals surface area contributed by atoms with Crippen molar-refractivity contribution in [2.24, 2.45) is 4.99 Å². The van der Waals surface area contributed by atoms with Gasteiger partial charge in [0.15, 0.2) is 17.5 Å². The van der Waals surface area contributed by atoms with Crippen molar-refractivity contribution < 1.29 is 18.6 Å². The Hall–Kier alpha value is -1.13. The first kappa shape index (κ1) is 22.9. The third kappa shape index (κ3) is 6.88. The highest BCUT2D eigenvalue weighted by Gasteiger charge is 2.32. The van der Waals surface area contributed by atoms with E-state index in [1.165, 1.54) is 6.07 Å². The average Bonchev–Trinajstić information content (AvgIpc) is 2.64. The Morgan fingerprint density at radius 1 is 1.31 bits per heavy atom. The highest BCUT2D eigenvalue weighted by molar-refractivity contribution is 14.0. The van der Waals surface area contributed by atoms with Crippen LogP contribution >= 0.6 is 24.0 Å². The van der Waals surface area contributed by atoms with Gasteiger partial charge in [-0.3, -0.25) is 4.99 Å². The van der Waals surface area contributed by atoms with Crippen LogP contribution in [0.2, 0.25) is 0 Å². The number of para-hydroxylation sites is 1. The van der Waals surface area contributed by atoms with E-state index in [1.54, 1.807) is 32.4 Å². The molecule has 1 fully saturated rings. The lowest BCUT2D eigenvalue weighted by Gasteiger charge is -2.36. The number of ether oxygens (including phenoxy) is 3. The summed E-state index contributed by atoms with van der Waals surface area (Å²) in [4.78, 5) is 4.21. The Balaban J connectivity index is 0.00000338. The van der Waals surface area contributed by atoms with E-state index < -0.39 is 0 Å². The Kier molecular flexibility index (Phi) is 10.2. The van der Waals surface area contributed by atoms with Crippen molar-refractivity contribution in [2.75, 3.05) is 40.5 Å². The molecule has 0 aromatic heterocycles. The van der Waals surface area contributed by atoms with Gasteiger partial charge in [-0.15, -0.1) is 24.0 Å². The van der Waals surface area contributed by atoms with Crippen LogP contribution in [0.25, 0.3) is 0 Å². The van der Waals surface area contributed by atoms with Crippen LogP contribution in [0, 0.1) is 5.82 Å². The summed E-state index contributed by atoms with van der Waals surface area (Å²) in [6.45, 7) is 4.43. The van der Waals surface area contributed by atoms with Crippen LogP contribution in [-0.2, 0) is 9.47 Å². The predicted molar refractivity (Wildman–Crippen MR) is 111 cm³/mol. The van der Waals surface area contributed by atoms with Gasteiger partial charge >= 0.3 is 0 Å². The number of halogens is 2. The normalized spacial score (nSPS) is 17.8. The van der Waals surface area contributed by atoms with Gasteiger partial charge in [0, 0.05) is 46.8 Å². The van der Waals surface area contributed by atoms with Crippen molar-refractivity contribution in [1.82, 2.24) is 10.6 Å². The second kappa shape index (κ2) is 11.6. The molecule has 2 N–H and O–H groups in total. The van der Waals surface area contributed by atoms with Gasteiger partial charge in [0.2, 0.25) is 0 Å². The summed E-state index contributed by atoms with van der Waals surface area (Å²) in [5.74, 6) is 0.547. The Morgan fingerprint density at radius 3 is 2.62 bits per heavy atom. The van der Waals surface area contributed by atoms with Crippen molar-refractivity contribution in [3.8, 4) is 5.75 Å². The van der Waals surface area contributed by atoms with E-state index in [0.717, 1.165) is 12.8 Å². The molecule has 1 aromatic carbocycles. The molecule has 8 heteroatoms. The molecule has 1 heterocycles. The van der Waals surface area contributed by atoms with E-state index in [2.05, 4.69) is 15.6 Å². The van der Waals surface area contributed by atoms with E-state index in [9.17, 15) is 4.39 Å². The van der Waals surface area contributed by atoms with Gasteiger partial charge in [0.25, 0.3) is 0 Å². The third-order valence-electron chi connectivity index (χ3n) is 4.36. The molecule has 148 valence electrons. The summed E-state index contributed by atoms with van der Waals surface area (Å²) in [6, 6.07) is 6.39. The van der Waals surface area contributed by atoms with E-state index >= 15 is 0 Å². The highest BCUT2D eigenvalue weighted by Crippen LogP contribution is 2.23. The van der Waals surface area contributed by atoms with Crippen LogP contribution in [0.5, 0.6) is 5.75 Å². The highest BCUT2D eigenvalue weighted by atomic mass is 127. The van der Waals surface area contributed by atoms with Gasteiger partial charge in [-0.25, -0.2) is 4.39 Å². The lowest BCUT2D eigenvalue weighted by molar-refractivity contribution is -0.0855. The number of rotatable bonds is 7. The molecule has 6 nitrogen and oxygen atoms in total. The first-order chi connectivity index (χ1) is 12.1. The van der Waals surface area contributed by atoms with Crippen molar-refractivity contribution in [3.63, 3.8) is 0 Å². The fourth-order valence-corrected chi connectivity index (χ4v) is 2.70. The molecule has 0 bridgehead atoms. The molecule has 1 aliphatic rings. The number of hydrogen-bond donors (Lipinski definition) is 2. The van der Waals surface area contributed by atoms with Gasteiger partial charge in [-0.1, -0.05) is 12.1 Å². The first-order valence-corrected chi connectivity index (χ1v) is 8.57. The maximum absolute atomic E-state index is 13.6. The lowest BCUT2D eigenvalue weighted by Crippen LogP contribution is -2.51. The van der Waals surface area contributed by atoms with E-state index in [-0.39, 0.29) is 47.2 Å². The largest absolute Gasteiger partial charge is 0.486 e.